The van der Waals surface area contributed by atoms with Gasteiger partial charge in [-0.1, -0.05) is 24.6 Å². The molecule has 1 aliphatic carbocycles. The van der Waals surface area contributed by atoms with Crippen molar-refractivity contribution in [1.29, 1.82) is 0 Å². The summed E-state index contributed by atoms with van der Waals surface area (Å²) in [5.74, 6) is -0.0531. The zero-order valence-corrected chi connectivity index (χ0v) is 17.7. The summed E-state index contributed by atoms with van der Waals surface area (Å²) >= 11 is 0. The van der Waals surface area contributed by atoms with Crippen molar-refractivity contribution in [2.75, 3.05) is 13.9 Å². The Morgan fingerprint density at radius 2 is 1.79 bits per heavy atom. The lowest BCUT2D eigenvalue weighted by molar-refractivity contribution is -0.239. The summed E-state index contributed by atoms with van der Waals surface area (Å²) in [6.07, 6.45) is 0.822. The summed E-state index contributed by atoms with van der Waals surface area (Å²) in [6, 6.07) is 4.05. The highest BCUT2D eigenvalue weighted by molar-refractivity contribution is 6.23. The molecule has 1 fully saturated rings. The van der Waals surface area contributed by atoms with E-state index in [0.29, 0.717) is 17.3 Å². The second kappa shape index (κ2) is 7.33. The Bertz CT molecular complexity index is 831. The molecule has 0 saturated heterocycles. The lowest BCUT2D eigenvalue weighted by Gasteiger charge is -2.31. The third-order valence-electron chi connectivity index (χ3n) is 5.53. The number of nitrogens with zero attached hydrogens (tertiary/aromatic N) is 1. The Kier molecular flexibility index (Phi) is 5.38. The number of rotatable bonds is 6. The Hall–Kier alpha value is -2.18. The van der Waals surface area contributed by atoms with Gasteiger partial charge in [0.25, 0.3) is 5.91 Å². The summed E-state index contributed by atoms with van der Waals surface area (Å²) < 4.78 is 10.9. The number of esters is 1. The van der Waals surface area contributed by atoms with Gasteiger partial charge in [-0.15, -0.1) is 0 Å². The zero-order valence-electron chi connectivity index (χ0n) is 17.7. The van der Waals surface area contributed by atoms with Gasteiger partial charge in [0.2, 0.25) is 0 Å². The van der Waals surface area contributed by atoms with Crippen molar-refractivity contribution in [2.45, 2.75) is 53.5 Å². The summed E-state index contributed by atoms with van der Waals surface area (Å²) in [7, 11) is 1.49. The minimum Gasteiger partial charge on any atom is -0.427 e. The second-order valence-corrected chi connectivity index (χ2v) is 8.41. The van der Waals surface area contributed by atoms with Crippen LogP contribution in [0.1, 0.15) is 49.4 Å². The molecule has 0 bridgehead atoms. The first-order valence-electron chi connectivity index (χ1n) is 9.60. The SMILES string of the molecule is COCON1C(=O)C(c2c(C)cc(C)cc2C)=C(OC(=O)C2CC2C)C1(C)C. The van der Waals surface area contributed by atoms with Crippen LogP contribution in [0.2, 0.25) is 0 Å². The van der Waals surface area contributed by atoms with Gasteiger partial charge in [-0.25, -0.2) is 9.90 Å². The highest BCUT2D eigenvalue weighted by Gasteiger charge is 2.52. The van der Waals surface area contributed by atoms with Crippen molar-refractivity contribution in [1.82, 2.24) is 5.06 Å². The van der Waals surface area contributed by atoms with E-state index < -0.39 is 5.54 Å². The zero-order chi connectivity index (χ0) is 20.8. The molecule has 1 aliphatic heterocycles. The van der Waals surface area contributed by atoms with E-state index in [-0.39, 0.29) is 24.6 Å². The molecule has 1 aromatic rings. The molecule has 0 aromatic heterocycles. The van der Waals surface area contributed by atoms with Crippen molar-refractivity contribution in [3.63, 3.8) is 0 Å². The van der Waals surface area contributed by atoms with Gasteiger partial charge in [-0.2, -0.15) is 0 Å². The second-order valence-electron chi connectivity index (χ2n) is 8.41. The maximum absolute atomic E-state index is 13.4. The maximum atomic E-state index is 13.4. The fraction of sp³-hybridized carbons (Fsp3) is 0.545. The minimum absolute atomic E-state index is 0.0742. The highest BCUT2D eigenvalue weighted by Crippen LogP contribution is 2.45. The topological polar surface area (TPSA) is 65.1 Å². The average molecular weight is 387 g/mol. The fourth-order valence-electron chi connectivity index (χ4n) is 3.97. The number of hydrogen-bond acceptors (Lipinski definition) is 5. The first-order chi connectivity index (χ1) is 13.1. The van der Waals surface area contributed by atoms with E-state index in [9.17, 15) is 9.59 Å². The Labute approximate surface area is 166 Å². The first-order valence-corrected chi connectivity index (χ1v) is 9.60. The number of aryl methyl sites for hydroxylation is 3. The normalized spacial score (nSPS) is 23.4. The lowest BCUT2D eigenvalue weighted by Crippen LogP contribution is -2.44. The molecule has 6 nitrogen and oxygen atoms in total. The number of carbonyl (C=O) groups is 2. The van der Waals surface area contributed by atoms with Crippen LogP contribution in [0, 0.1) is 32.6 Å². The van der Waals surface area contributed by atoms with Crippen LogP contribution < -0.4 is 0 Å². The smallest absolute Gasteiger partial charge is 0.314 e. The van der Waals surface area contributed by atoms with Crippen molar-refractivity contribution in [3.8, 4) is 0 Å². The van der Waals surface area contributed by atoms with Gasteiger partial charge in [-0.05, 0) is 63.6 Å². The molecular weight excluding hydrogens is 358 g/mol. The van der Waals surface area contributed by atoms with Gasteiger partial charge >= 0.3 is 5.97 Å². The van der Waals surface area contributed by atoms with Crippen molar-refractivity contribution >= 4 is 17.4 Å². The predicted octanol–water partition coefficient (Wildman–Crippen LogP) is 3.68. The van der Waals surface area contributed by atoms with Crippen LogP contribution in [0.3, 0.4) is 0 Å². The minimum atomic E-state index is -0.942. The van der Waals surface area contributed by atoms with Gasteiger partial charge in [0, 0.05) is 7.11 Å². The number of methoxy groups -OCH3 is 1. The number of hydroxylamine groups is 2. The standard InChI is InChI=1S/C22H29NO5/c1-12-8-14(3)17(15(4)9-12)18-19(28-21(25)16-10-13(16)2)22(5,6)23(20(18)24)27-11-26-7/h8-9,13,16H,10-11H2,1-7H3. The largest absolute Gasteiger partial charge is 0.427 e. The van der Waals surface area contributed by atoms with Gasteiger partial charge < -0.3 is 9.47 Å². The van der Waals surface area contributed by atoms with Crippen molar-refractivity contribution < 1.29 is 23.9 Å². The van der Waals surface area contributed by atoms with E-state index in [1.54, 1.807) is 0 Å². The number of hydrogen-bond donors (Lipinski definition) is 0. The first kappa shape index (κ1) is 20.6. The van der Waals surface area contributed by atoms with Crippen LogP contribution in [-0.4, -0.2) is 36.4 Å². The molecule has 2 unspecified atom stereocenters. The Balaban J connectivity index is 2.12. The number of carbonyl (C=O) groups excluding carboxylic acids is 2. The quantitative estimate of drug-likeness (QED) is 0.550. The molecule has 3 rings (SSSR count). The summed E-state index contributed by atoms with van der Waals surface area (Å²) in [5.41, 5.74) is 3.26. The van der Waals surface area contributed by atoms with Crippen LogP contribution in [0.15, 0.2) is 17.9 Å². The molecule has 28 heavy (non-hydrogen) atoms. The third kappa shape index (κ3) is 3.47. The molecule has 2 atom stereocenters. The molecule has 1 aromatic carbocycles. The van der Waals surface area contributed by atoms with Gasteiger partial charge in [0.1, 0.15) is 11.3 Å². The average Bonchev–Trinajstić information content (AvgIpc) is 3.29. The molecule has 0 N–H and O–H groups in total. The maximum Gasteiger partial charge on any atom is 0.314 e. The molecular formula is C22H29NO5. The van der Waals surface area contributed by atoms with Crippen LogP contribution in [-0.2, 0) is 23.9 Å². The van der Waals surface area contributed by atoms with E-state index in [1.807, 2.05) is 53.7 Å². The fourth-order valence-corrected chi connectivity index (χ4v) is 3.97. The van der Waals surface area contributed by atoms with E-state index in [2.05, 4.69) is 0 Å². The van der Waals surface area contributed by atoms with Crippen LogP contribution >= 0.6 is 0 Å². The molecule has 0 spiro atoms. The van der Waals surface area contributed by atoms with E-state index in [0.717, 1.165) is 28.7 Å². The van der Waals surface area contributed by atoms with Gasteiger partial charge in [0.15, 0.2) is 6.79 Å². The van der Waals surface area contributed by atoms with Gasteiger partial charge in [-0.3, -0.25) is 9.59 Å². The monoisotopic (exact) mass is 387 g/mol. The molecule has 1 amide bonds. The van der Waals surface area contributed by atoms with E-state index in [4.69, 9.17) is 14.3 Å². The molecule has 2 aliphatic rings. The number of amides is 1. The van der Waals surface area contributed by atoms with Crippen LogP contribution in [0.25, 0.3) is 5.57 Å². The van der Waals surface area contributed by atoms with Crippen molar-refractivity contribution in [2.24, 2.45) is 11.8 Å². The van der Waals surface area contributed by atoms with E-state index >= 15 is 0 Å². The molecule has 6 heteroatoms. The van der Waals surface area contributed by atoms with Crippen molar-refractivity contribution in [3.05, 3.63) is 40.1 Å². The number of ether oxygens (including phenoxy) is 2. The van der Waals surface area contributed by atoms with Gasteiger partial charge in [0.05, 0.1) is 11.5 Å². The molecule has 0 radical (unpaired) electrons. The van der Waals surface area contributed by atoms with Crippen LogP contribution in [0.4, 0.5) is 0 Å². The van der Waals surface area contributed by atoms with Crippen LogP contribution in [0.5, 0.6) is 0 Å². The summed E-state index contributed by atoms with van der Waals surface area (Å²) in [6.45, 7) is 11.5. The molecule has 152 valence electrons. The molecule has 1 heterocycles. The summed E-state index contributed by atoms with van der Waals surface area (Å²) in [4.78, 5) is 31.6. The third-order valence-corrected chi connectivity index (χ3v) is 5.53. The Morgan fingerprint density at radius 1 is 1.21 bits per heavy atom. The lowest BCUT2D eigenvalue weighted by atomic mass is 9.91. The Morgan fingerprint density at radius 3 is 2.29 bits per heavy atom. The summed E-state index contributed by atoms with van der Waals surface area (Å²) in [5, 5.41) is 1.25. The van der Waals surface area contributed by atoms with E-state index in [1.165, 1.54) is 12.2 Å². The highest BCUT2D eigenvalue weighted by atomic mass is 16.8. The predicted molar refractivity (Wildman–Crippen MR) is 105 cm³/mol. The molecule has 1 saturated carbocycles. The number of benzene rings is 1.